The molecule has 0 N–H and O–H groups in total. The van der Waals surface area contributed by atoms with E-state index in [1.807, 2.05) is 0 Å². The SMILES string of the molecule is c1[se]nnc1CCCCCCCCCCCCc1c[se]nn1. The van der Waals surface area contributed by atoms with Crippen LogP contribution in [0.1, 0.15) is 75.6 Å². The van der Waals surface area contributed by atoms with Crippen LogP contribution in [0.15, 0.2) is 9.88 Å². The van der Waals surface area contributed by atoms with Crippen molar-refractivity contribution in [1.82, 2.24) is 18.4 Å². The van der Waals surface area contributed by atoms with Crippen LogP contribution in [0.25, 0.3) is 0 Å². The van der Waals surface area contributed by atoms with E-state index < -0.39 is 0 Å². The fourth-order valence-electron chi connectivity index (χ4n) is 2.61. The molecule has 6 heteroatoms. The Morgan fingerprint density at radius 2 is 0.909 bits per heavy atom. The van der Waals surface area contributed by atoms with Crippen molar-refractivity contribution < 1.29 is 0 Å². The van der Waals surface area contributed by atoms with Crippen LogP contribution in [-0.4, -0.2) is 47.9 Å². The molecule has 2 rings (SSSR count). The van der Waals surface area contributed by atoms with Gasteiger partial charge in [-0.2, -0.15) is 0 Å². The predicted octanol–water partition coefficient (Wildman–Crippen LogP) is 3.07. The standard InChI is InChI=1S/C16H26N4Se2/c1(3-5-7-9-11-15-13-21-19-17-15)2-4-6-8-10-12-16-14-22-20-18-16/h13-14H,1-12H2. The first kappa shape index (κ1) is 18.1. The number of unbranched alkanes of at least 4 members (excludes halogenated alkanes) is 9. The predicted molar refractivity (Wildman–Crippen MR) is 91.5 cm³/mol. The van der Waals surface area contributed by atoms with E-state index in [-0.39, 0.29) is 0 Å². The van der Waals surface area contributed by atoms with E-state index in [1.54, 1.807) is 0 Å². The summed E-state index contributed by atoms with van der Waals surface area (Å²) in [5.41, 5.74) is 2.46. The average molecular weight is 432 g/mol. The molecule has 0 bridgehead atoms. The number of aromatic nitrogens is 4. The van der Waals surface area contributed by atoms with Crippen molar-refractivity contribution in [3.63, 3.8) is 0 Å². The van der Waals surface area contributed by atoms with E-state index in [9.17, 15) is 0 Å². The molecule has 22 heavy (non-hydrogen) atoms. The molecule has 0 aromatic carbocycles. The molecule has 2 aromatic heterocycles. The van der Waals surface area contributed by atoms with Crippen LogP contribution in [-0.2, 0) is 12.8 Å². The van der Waals surface area contributed by atoms with Crippen LogP contribution in [0.3, 0.4) is 0 Å². The summed E-state index contributed by atoms with van der Waals surface area (Å²) in [5.74, 6) is 0. The minimum absolute atomic E-state index is 0.314. The second-order valence-electron chi connectivity index (χ2n) is 5.83. The first-order chi connectivity index (χ1) is 10.9. The van der Waals surface area contributed by atoms with Gasteiger partial charge in [-0.1, -0.05) is 0 Å². The van der Waals surface area contributed by atoms with Gasteiger partial charge in [0, 0.05) is 0 Å². The molecular formula is C16H26N4Se2. The third-order valence-electron chi connectivity index (χ3n) is 3.93. The summed E-state index contributed by atoms with van der Waals surface area (Å²) in [7, 11) is 0. The second-order valence-corrected chi connectivity index (χ2v) is 8.39. The Labute approximate surface area is 146 Å². The van der Waals surface area contributed by atoms with Gasteiger partial charge in [-0.3, -0.25) is 0 Å². The number of hydrogen-bond acceptors (Lipinski definition) is 4. The van der Waals surface area contributed by atoms with Gasteiger partial charge in [-0.15, -0.1) is 0 Å². The van der Waals surface area contributed by atoms with Crippen molar-refractivity contribution in [3.05, 3.63) is 21.3 Å². The number of nitrogens with zero attached hydrogens (tertiary/aromatic N) is 4. The summed E-state index contributed by atoms with van der Waals surface area (Å²) in [4.78, 5) is 4.42. The van der Waals surface area contributed by atoms with E-state index in [4.69, 9.17) is 0 Å². The molecule has 0 saturated heterocycles. The Kier molecular flexibility index (Phi) is 10.0. The van der Waals surface area contributed by atoms with Gasteiger partial charge >= 0.3 is 146 Å². The zero-order valence-electron chi connectivity index (χ0n) is 13.2. The molecular weight excluding hydrogens is 406 g/mol. The van der Waals surface area contributed by atoms with Crippen LogP contribution in [0.2, 0.25) is 0 Å². The molecule has 0 radical (unpaired) electrons. The van der Waals surface area contributed by atoms with Gasteiger partial charge in [0.2, 0.25) is 0 Å². The molecule has 0 aliphatic rings. The Bertz CT molecular complexity index is 412. The number of aryl methyl sites for hydroxylation is 2. The molecule has 0 aliphatic carbocycles. The van der Waals surface area contributed by atoms with Crippen LogP contribution < -0.4 is 0 Å². The van der Waals surface area contributed by atoms with E-state index in [0.29, 0.717) is 29.5 Å². The van der Waals surface area contributed by atoms with Gasteiger partial charge in [0.15, 0.2) is 0 Å². The topological polar surface area (TPSA) is 51.6 Å². The molecule has 0 atom stereocenters. The van der Waals surface area contributed by atoms with Crippen molar-refractivity contribution in [2.75, 3.05) is 0 Å². The van der Waals surface area contributed by atoms with Crippen molar-refractivity contribution in [2.45, 2.75) is 77.0 Å². The average Bonchev–Trinajstić information content (AvgIpc) is 3.21. The zero-order valence-corrected chi connectivity index (χ0v) is 16.7. The van der Waals surface area contributed by atoms with Gasteiger partial charge in [0.25, 0.3) is 0 Å². The second kappa shape index (κ2) is 12.2. The summed E-state index contributed by atoms with van der Waals surface area (Å²) in [6, 6.07) is 0. The van der Waals surface area contributed by atoms with Crippen molar-refractivity contribution in [3.8, 4) is 0 Å². The normalized spacial score (nSPS) is 11.1. The summed E-state index contributed by atoms with van der Waals surface area (Å²) < 4.78 is 8.08. The number of hydrogen-bond donors (Lipinski definition) is 0. The first-order valence-corrected chi connectivity index (χ1v) is 12.0. The van der Waals surface area contributed by atoms with Crippen molar-refractivity contribution in [2.24, 2.45) is 0 Å². The van der Waals surface area contributed by atoms with E-state index >= 15 is 0 Å². The fourth-order valence-corrected chi connectivity index (χ4v) is 4.65. The molecule has 2 aromatic rings. The quantitative estimate of drug-likeness (QED) is 0.361. The summed E-state index contributed by atoms with van der Waals surface area (Å²) in [5, 5.41) is 8.29. The monoisotopic (exact) mass is 434 g/mol. The molecule has 0 spiro atoms. The van der Waals surface area contributed by atoms with Gasteiger partial charge in [0.05, 0.1) is 0 Å². The van der Waals surface area contributed by atoms with Crippen molar-refractivity contribution >= 4 is 29.5 Å². The van der Waals surface area contributed by atoms with Crippen molar-refractivity contribution in [1.29, 1.82) is 0 Å². The van der Waals surface area contributed by atoms with Crippen LogP contribution in [0.4, 0.5) is 0 Å². The maximum absolute atomic E-state index is 4.14. The van der Waals surface area contributed by atoms with Gasteiger partial charge in [-0.05, 0) is 0 Å². The van der Waals surface area contributed by atoms with Crippen LogP contribution >= 0.6 is 0 Å². The summed E-state index contributed by atoms with van der Waals surface area (Å²) >= 11 is 0.627. The van der Waals surface area contributed by atoms with E-state index in [2.05, 4.69) is 28.3 Å². The third kappa shape index (κ3) is 8.38. The summed E-state index contributed by atoms with van der Waals surface area (Å²) in [6.45, 7) is 0. The van der Waals surface area contributed by atoms with E-state index in [0.717, 1.165) is 12.8 Å². The first-order valence-electron chi connectivity index (χ1n) is 8.47. The molecule has 0 saturated carbocycles. The molecule has 0 unspecified atom stereocenters. The molecule has 4 nitrogen and oxygen atoms in total. The molecule has 122 valence electrons. The number of rotatable bonds is 13. The third-order valence-corrected chi connectivity index (χ3v) is 6.25. The molecule has 0 amide bonds. The van der Waals surface area contributed by atoms with Crippen LogP contribution in [0, 0.1) is 0 Å². The zero-order chi connectivity index (χ0) is 15.3. The fraction of sp³-hybridized carbons (Fsp3) is 0.750. The van der Waals surface area contributed by atoms with Gasteiger partial charge in [0.1, 0.15) is 0 Å². The molecule has 0 aliphatic heterocycles. The summed E-state index contributed by atoms with van der Waals surface area (Å²) in [6.07, 6.45) is 16.0. The molecule has 2 heterocycles. The van der Waals surface area contributed by atoms with Crippen LogP contribution in [0.5, 0.6) is 0 Å². The minimum atomic E-state index is 0.314. The van der Waals surface area contributed by atoms with E-state index in [1.165, 1.54) is 75.6 Å². The Morgan fingerprint density at radius 1 is 0.545 bits per heavy atom. The van der Waals surface area contributed by atoms with Gasteiger partial charge in [-0.25, -0.2) is 0 Å². The Hall–Kier alpha value is -0.281. The Balaban J connectivity index is 1.29. The Morgan fingerprint density at radius 3 is 1.23 bits per heavy atom. The van der Waals surface area contributed by atoms with Gasteiger partial charge < -0.3 is 0 Å². The molecule has 0 fully saturated rings. The maximum atomic E-state index is 4.14.